The molecular formula is C11H10ClFN2O2S. The van der Waals surface area contributed by atoms with Crippen molar-refractivity contribution in [3.63, 3.8) is 0 Å². The Morgan fingerprint density at radius 1 is 1.44 bits per heavy atom. The van der Waals surface area contributed by atoms with E-state index in [4.69, 9.17) is 11.6 Å². The molecule has 2 aromatic rings. The zero-order valence-corrected chi connectivity index (χ0v) is 10.9. The molecule has 1 atom stereocenters. The van der Waals surface area contributed by atoms with Gasteiger partial charge in [0.1, 0.15) is 5.52 Å². The van der Waals surface area contributed by atoms with Gasteiger partial charge < -0.3 is 4.57 Å². The molecule has 0 aliphatic carbocycles. The molecule has 0 N–H and O–H groups in total. The third kappa shape index (κ3) is 1.89. The molecule has 1 fully saturated rings. The van der Waals surface area contributed by atoms with Crippen LogP contribution in [0.2, 0.25) is 5.02 Å². The van der Waals surface area contributed by atoms with E-state index in [1.165, 1.54) is 12.4 Å². The first-order valence-corrected chi connectivity index (χ1v) is 7.68. The van der Waals surface area contributed by atoms with Crippen LogP contribution in [0.5, 0.6) is 0 Å². The Bertz CT molecular complexity index is 726. The third-order valence-corrected chi connectivity index (χ3v) is 5.16. The lowest BCUT2D eigenvalue weighted by Gasteiger charge is -2.11. The number of hydrogen-bond acceptors (Lipinski definition) is 3. The monoisotopic (exact) mass is 288 g/mol. The summed E-state index contributed by atoms with van der Waals surface area (Å²) in [5.41, 5.74) is 0.769. The Morgan fingerprint density at radius 2 is 2.22 bits per heavy atom. The zero-order chi connectivity index (χ0) is 12.9. The van der Waals surface area contributed by atoms with Gasteiger partial charge in [0.25, 0.3) is 0 Å². The number of nitrogens with zero attached hydrogens (tertiary/aromatic N) is 2. The molecule has 2 heterocycles. The van der Waals surface area contributed by atoms with Crippen molar-refractivity contribution in [2.75, 3.05) is 11.5 Å². The molecule has 0 radical (unpaired) electrons. The summed E-state index contributed by atoms with van der Waals surface area (Å²) < 4.78 is 38.4. The van der Waals surface area contributed by atoms with E-state index in [1.807, 2.05) is 0 Å². The van der Waals surface area contributed by atoms with Gasteiger partial charge in [0.2, 0.25) is 0 Å². The van der Waals surface area contributed by atoms with Crippen LogP contribution in [0.25, 0.3) is 11.0 Å². The lowest BCUT2D eigenvalue weighted by atomic mass is 10.2. The smallest absolute Gasteiger partial charge is 0.152 e. The molecule has 1 saturated heterocycles. The van der Waals surface area contributed by atoms with Crippen molar-refractivity contribution in [2.24, 2.45) is 0 Å². The highest BCUT2D eigenvalue weighted by atomic mass is 35.5. The van der Waals surface area contributed by atoms with E-state index in [-0.39, 0.29) is 22.6 Å². The first-order valence-electron chi connectivity index (χ1n) is 5.48. The van der Waals surface area contributed by atoms with Crippen LogP contribution in [0.15, 0.2) is 18.5 Å². The largest absolute Gasteiger partial charge is 0.324 e. The van der Waals surface area contributed by atoms with E-state index < -0.39 is 15.7 Å². The Labute approximate surface area is 108 Å². The predicted octanol–water partition coefficient (Wildman–Crippen LogP) is 2.19. The predicted molar refractivity (Wildman–Crippen MR) is 67.0 cm³/mol. The summed E-state index contributed by atoms with van der Waals surface area (Å²) in [5.74, 6) is -0.285. The zero-order valence-electron chi connectivity index (χ0n) is 9.31. The number of hydrogen-bond donors (Lipinski definition) is 0. The molecule has 4 nitrogen and oxygen atoms in total. The van der Waals surface area contributed by atoms with Gasteiger partial charge in [-0.1, -0.05) is 11.6 Å². The second-order valence-corrected chi connectivity index (χ2v) is 7.13. The Balaban J connectivity index is 2.14. The number of fused-ring (bicyclic) bond motifs is 1. The van der Waals surface area contributed by atoms with E-state index >= 15 is 0 Å². The minimum absolute atomic E-state index is 0.0422. The lowest BCUT2D eigenvalue weighted by molar-refractivity contribution is 0.553. The summed E-state index contributed by atoms with van der Waals surface area (Å²) in [6.45, 7) is 0. The normalized spacial score (nSPS) is 22.7. The van der Waals surface area contributed by atoms with Crippen molar-refractivity contribution in [2.45, 2.75) is 12.5 Å². The van der Waals surface area contributed by atoms with Crippen LogP contribution < -0.4 is 0 Å². The molecule has 0 saturated carbocycles. The van der Waals surface area contributed by atoms with Gasteiger partial charge in [-0.15, -0.1) is 0 Å². The summed E-state index contributed by atoms with van der Waals surface area (Å²) >= 11 is 5.75. The number of aromatic nitrogens is 2. The molecule has 96 valence electrons. The van der Waals surface area contributed by atoms with Crippen LogP contribution in [0, 0.1) is 5.82 Å². The fraction of sp³-hybridized carbons (Fsp3) is 0.364. The van der Waals surface area contributed by atoms with E-state index in [0.717, 1.165) is 0 Å². The summed E-state index contributed by atoms with van der Waals surface area (Å²) in [4.78, 5) is 4.08. The van der Waals surface area contributed by atoms with Gasteiger partial charge in [-0.3, -0.25) is 0 Å². The molecule has 0 spiro atoms. The lowest BCUT2D eigenvalue weighted by Crippen LogP contribution is -2.10. The SMILES string of the molecule is O=S1(=O)CC[C@@H](n2cnc3cc(Cl)cc(F)c32)C1. The molecule has 18 heavy (non-hydrogen) atoms. The van der Waals surface area contributed by atoms with Gasteiger partial charge in [0, 0.05) is 5.02 Å². The molecule has 0 bridgehead atoms. The highest BCUT2D eigenvalue weighted by Gasteiger charge is 2.30. The van der Waals surface area contributed by atoms with E-state index in [0.29, 0.717) is 17.5 Å². The molecule has 1 aromatic heterocycles. The minimum atomic E-state index is -3.01. The maximum Gasteiger partial charge on any atom is 0.152 e. The third-order valence-electron chi connectivity index (χ3n) is 3.19. The van der Waals surface area contributed by atoms with Crippen molar-refractivity contribution in [3.05, 3.63) is 29.3 Å². The minimum Gasteiger partial charge on any atom is -0.324 e. The number of rotatable bonds is 1. The van der Waals surface area contributed by atoms with Gasteiger partial charge in [-0.2, -0.15) is 0 Å². The summed E-state index contributed by atoms with van der Waals surface area (Å²) in [5, 5.41) is 0.282. The molecule has 0 unspecified atom stereocenters. The fourth-order valence-electron chi connectivity index (χ4n) is 2.36. The highest BCUT2D eigenvalue weighted by Crippen LogP contribution is 2.29. The topological polar surface area (TPSA) is 52.0 Å². The molecule has 1 aromatic carbocycles. The van der Waals surface area contributed by atoms with Crippen LogP contribution in [-0.2, 0) is 9.84 Å². The van der Waals surface area contributed by atoms with Gasteiger partial charge in [-0.05, 0) is 18.6 Å². The molecule has 1 aliphatic rings. The Kier molecular flexibility index (Phi) is 2.60. The molecular weight excluding hydrogens is 279 g/mol. The summed E-state index contributed by atoms with van der Waals surface area (Å²) in [6.07, 6.45) is 1.98. The van der Waals surface area contributed by atoms with Gasteiger partial charge in [0.15, 0.2) is 15.7 Å². The van der Waals surface area contributed by atoms with Gasteiger partial charge >= 0.3 is 0 Å². The maximum absolute atomic E-state index is 13.9. The molecule has 7 heteroatoms. The van der Waals surface area contributed by atoms with E-state index in [1.54, 1.807) is 10.6 Å². The van der Waals surface area contributed by atoms with Crippen LogP contribution in [0.3, 0.4) is 0 Å². The van der Waals surface area contributed by atoms with Crippen molar-refractivity contribution in [1.29, 1.82) is 0 Å². The van der Waals surface area contributed by atoms with Crippen LogP contribution in [0.4, 0.5) is 4.39 Å². The van der Waals surface area contributed by atoms with Crippen molar-refractivity contribution >= 4 is 32.5 Å². The highest BCUT2D eigenvalue weighted by molar-refractivity contribution is 7.91. The number of benzene rings is 1. The van der Waals surface area contributed by atoms with Crippen molar-refractivity contribution < 1.29 is 12.8 Å². The molecule has 3 rings (SSSR count). The Morgan fingerprint density at radius 3 is 2.89 bits per heavy atom. The number of halogens is 2. The van der Waals surface area contributed by atoms with Crippen LogP contribution in [-0.4, -0.2) is 29.5 Å². The van der Waals surface area contributed by atoms with Gasteiger partial charge in [-0.25, -0.2) is 17.8 Å². The molecule has 1 aliphatic heterocycles. The Hall–Kier alpha value is -1.14. The first kappa shape index (κ1) is 11.9. The summed E-state index contributed by atoms with van der Waals surface area (Å²) in [6, 6.07) is 2.54. The molecule has 0 amide bonds. The quantitative estimate of drug-likeness (QED) is 0.808. The number of sulfone groups is 1. The second kappa shape index (κ2) is 3.93. The van der Waals surface area contributed by atoms with Crippen LogP contribution in [0.1, 0.15) is 12.5 Å². The van der Waals surface area contributed by atoms with Crippen LogP contribution >= 0.6 is 11.6 Å². The first-order chi connectivity index (χ1) is 8.46. The number of imidazole rings is 1. The fourth-order valence-corrected chi connectivity index (χ4v) is 4.27. The van der Waals surface area contributed by atoms with Crippen molar-refractivity contribution in [1.82, 2.24) is 9.55 Å². The van der Waals surface area contributed by atoms with Gasteiger partial charge in [0.05, 0.1) is 29.4 Å². The standard InChI is InChI=1S/C11H10ClFN2O2S/c12-7-3-9(13)11-10(4-7)14-6-15(11)8-1-2-18(16,17)5-8/h3-4,6,8H,1-2,5H2/t8-/m1/s1. The van der Waals surface area contributed by atoms with Crippen molar-refractivity contribution in [3.8, 4) is 0 Å². The van der Waals surface area contributed by atoms with E-state index in [2.05, 4.69) is 4.98 Å². The second-order valence-electron chi connectivity index (χ2n) is 4.46. The average molecular weight is 289 g/mol. The maximum atomic E-state index is 13.9. The van der Waals surface area contributed by atoms with E-state index in [9.17, 15) is 12.8 Å². The average Bonchev–Trinajstić information content (AvgIpc) is 2.81. The summed E-state index contributed by atoms with van der Waals surface area (Å²) in [7, 11) is -3.01.